The summed E-state index contributed by atoms with van der Waals surface area (Å²) in [5, 5.41) is 7.86. The Bertz CT molecular complexity index is 965. The first-order valence-corrected chi connectivity index (χ1v) is 10.6. The summed E-state index contributed by atoms with van der Waals surface area (Å²) in [5.41, 5.74) is 4.10. The van der Waals surface area contributed by atoms with E-state index in [1.54, 1.807) is 18.2 Å². The van der Waals surface area contributed by atoms with Crippen LogP contribution in [0.15, 0.2) is 30.3 Å². The maximum absolute atomic E-state index is 12.4. The molecule has 0 atom stereocenters. The molecule has 0 radical (unpaired) electrons. The summed E-state index contributed by atoms with van der Waals surface area (Å²) in [7, 11) is 0. The number of hydrogen-bond acceptors (Lipinski definition) is 5. The van der Waals surface area contributed by atoms with E-state index < -0.39 is 11.8 Å². The zero-order chi connectivity index (χ0) is 23.7. The van der Waals surface area contributed by atoms with Gasteiger partial charge in [0.15, 0.2) is 11.5 Å². The van der Waals surface area contributed by atoms with Crippen molar-refractivity contribution >= 4 is 23.4 Å². The molecule has 0 saturated carbocycles. The lowest BCUT2D eigenvalue weighted by atomic mass is 10.1. The molecular weight excluding hydrogens is 410 g/mol. The molecular formula is C24H31N3O5. The SMILES string of the molecule is CCOc1ccc(C(=O)NCC(=O)NCC(=O)Nc2c(C)cc(C)cc2C)cc1OCC. The van der Waals surface area contributed by atoms with Crippen molar-refractivity contribution in [2.45, 2.75) is 34.6 Å². The van der Waals surface area contributed by atoms with E-state index in [4.69, 9.17) is 9.47 Å². The van der Waals surface area contributed by atoms with Crippen molar-refractivity contribution in [3.8, 4) is 11.5 Å². The average Bonchev–Trinajstić information content (AvgIpc) is 2.74. The second kappa shape index (κ2) is 11.7. The summed E-state index contributed by atoms with van der Waals surface area (Å²) >= 11 is 0. The summed E-state index contributed by atoms with van der Waals surface area (Å²) in [6, 6.07) is 8.79. The van der Waals surface area contributed by atoms with Gasteiger partial charge in [0.05, 0.1) is 26.3 Å². The van der Waals surface area contributed by atoms with Crippen molar-refractivity contribution in [2.75, 3.05) is 31.6 Å². The fourth-order valence-electron chi connectivity index (χ4n) is 3.26. The lowest BCUT2D eigenvalue weighted by molar-refractivity contribution is -0.123. The monoisotopic (exact) mass is 441 g/mol. The summed E-state index contributed by atoms with van der Waals surface area (Å²) in [6.07, 6.45) is 0. The first-order valence-electron chi connectivity index (χ1n) is 10.6. The van der Waals surface area contributed by atoms with Crippen LogP contribution >= 0.6 is 0 Å². The Balaban J connectivity index is 1.86. The smallest absolute Gasteiger partial charge is 0.251 e. The summed E-state index contributed by atoms with van der Waals surface area (Å²) < 4.78 is 11.0. The van der Waals surface area contributed by atoms with Gasteiger partial charge < -0.3 is 25.4 Å². The van der Waals surface area contributed by atoms with E-state index in [1.807, 2.05) is 46.8 Å². The number of aryl methyl sites for hydroxylation is 3. The van der Waals surface area contributed by atoms with Crippen LogP contribution in [0.25, 0.3) is 0 Å². The molecule has 3 N–H and O–H groups in total. The molecule has 2 rings (SSSR count). The highest BCUT2D eigenvalue weighted by molar-refractivity contribution is 5.98. The van der Waals surface area contributed by atoms with Crippen molar-refractivity contribution in [1.29, 1.82) is 0 Å². The van der Waals surface area contributed by atoms with Crippen LogP contribution < -0.4 is 25.4 Å². The molecule has 0 aliphatic rings. The van der Waals surface area contributed by atoms with Crippen LogP contribution in [0, 0.1) is 20.8 Å². The fourth-order valence-corrected chi connectivity index (χ4v) is 3.26. The Morgan fingerprint density at radius 3 is 2.00 bits per heavy atom. The molecule has 3 amide bonds. The molecule has 32 heavy (non-hydrogen) atoms. The Kier molecular flexibility index (Phi) is 9.07. The van der Waals surface area contributed by atoms with Gasteiger partial charge in [-0.15, -0.1) is 0 Å². The Morgan fingerprint density at radius 2 is 1.38 bits per heavy atom. The van der Waals surface area contributed by atoms with Crippen LogP contribution in [0.4, 0.5) is 5.69 Å². The maximum atomic E-state index is 12.4. The normalized spacial score (nSPS) is 10.3. The zero-order valence-corrected chi connectivity index (χ0v) is 19.3. The van der Waals surface area contributed by atoms with E-state index in [0.29, 0.717) is 30.3 Å². The Hall–Kier alpha value is -3.55. The Morgan fingerprint density at radius 1 is 0.781 bits per heavy atom. The van der Waals surface area contributed by atoms with Gasteiger partial charge in [-0.2, -0.15) is 0 Å². The van der Waals surface area contributed by atoms with Gasteiger partial charge in [0, 0.05) is 11.3 Å². The van der Waals surface area contributed by atoms with Crippen molar-refractivity contribution in [1.82, 2.24) is 10.6 Å². The number of rotatable bonds is 10. The van der Waals surface area contributed by atoms with Gasteiger partial charge in [0.2, 0.25) is 11.8 Å². The van der Waals surface area contributed by atoms with Gasteiger partial charge in [-0.25, -0.2) is 0 Å². The zero-order valence-electron chi connectivity index (χ0n) is 19.3. The molecule has 0 bridgehead atoms. The molecule has 8 nitrogen and oxygen atoms in total. The number of amides is 3. The highest BCUT2D eigenvalue weighted by Crippen LogP contribution is 2.28. The molecule has 172 valence electrons. The number of hydrogen-bond donors (Lipinski definition) is 3. The third-order valence-electron chi connectivity index (χ3n) is 4.60. The van der Waals surface area contributed by atoms with Crippen LogP contribution in [0.2, 0.25) is 0 Å². The minimum atomic E-state index is -0.471. The van der Waals surface area contributed by atoms with Crippen molar-refractivity contribution in [2.24, 2.45) is 0 Å². The van der Waals surface area contributed by atoms with Crippen LogP contribution in [0.5, 0.6) is 11.5 Å². The lowest BCUT2D eigenvalue weighted by Gasteiger charge is -2.14. The van der Waals surface area contributed by atoms with E-state index in [0.717, 1.165) is 22.4 Å². The molecule has 0 spiro atoms. The highest BCUT2D eigenvalue weighted by Gasteiger charge is 2.14. The van der Waals surface area contributed by atoms with Crippen molar-refractivity contribution < 1.29 is 23.9 Å². The number of carbonyl (C=O) groups is 3. The molecule has 2 aromatic rings. The second-order valence-corrected chi connectivity index (χ2v) is 7.31. The lowest BCUT2D eigenvalue weighted by Crippen LogP contribution is -2.40. The van der Waals surface area contributed by atoms with E-state index in [9.17, 15) is 14.4 Å². The molecule has 0 saturated heterocycles. The van der Waals surface area contributed by atoms with Crippen molar-refractivity contribution in [3.63, 3.8) is 0 Å². The van der Waals surface area contributed by atoms with Gasteiger partial charge in [0.1, 0.15) is 0 Å². The van der Waals surface area contributed by atoms with Crippen LogP contribution in [0.1, 0.15) is 40.9 Å². The summed E-state index contributed by atoms with van der Waals surface area (Å²) in [4.78, 5) is 36.7. The molecule has 0 fully saturated rings. The number of benzene rings is 2. The van der Waals surface area contributed by atoms with Gasteiger partial charge in [-0.1, -0.05) is 17.7 Å². The minimum Gasteiger partial charge on any atom is -0.490 e. The van der Waals surface area contributed by atoms with E-state index in [2.05, 4.69) is 16.0 Å². The minimum absolute atomic E-state index is 0.195. The van der Waals surface area contributed by atoms with Gasteiger partial charge in [-0.05, 0) is 63.9 Å². The maximum Gasteiger partial charge on any atom is 0.251 e. The quantitative estimate of drug-likeness (QED) is 0.526. The van der Waals surface area contributed by atoms with E-state index in [-0.39, 0.29) is 19.0 Å². The molecule has 2 aromatic carbocycles. The number of carbonyl (C=O) groups excluding carboxylic acids is 3. The van der Waals surface area contributed by atoms with Crippen LogP contribution in [-0.2, 0) is 9.59 Å². The van der Waals surface area contributed by atoms with Crippen molar-refractivity contribution in [3.05, 3.63) is 52.6 Å². The van der Waals surface area contributed by atoms with E-state index in [1.165, 1.54) is 0 Å². The Labute approximate surface area is 188 Å². The third-order valence-corrected chi connectivity index (χ3v) is 4.60. The second-order valence-electron chi connectivity index (χ2n) is 7.31. The predicted molar refractivity (Wildman–Crippen MR) is 123 cm³/mol. The first-order chi connectivity index (χ1) is 15.2. The molecule has 0 aliphatic carbocycles. The van der Waals surface area contributed by atoms with Crippen LogP contribution in [0.3, 0.4) is 0 Å². The summed E-state index contributed by atoms with van der Waals surface area (Å²) in [6.45, 7) is 9.97. The first kappa shape index (κ1) is 24.7. The standard InChI is InChI=1S/C24H31N3O5/c1-6-31-19-9-8-18(12-20(19)32-7-2)24(30)26-13-21(28)25-14-22(29)27-23-16(4)10-15(3)11-17(23)5/h8-12H,6-7,13-14H2,1-5H3,(H,25,28)(H,26,30)(H,27,29). The van der Waals surface area contributed by atoms with Gasteiger partial charge in [0.25, 0.3) is 5.91 Å². The average molecular weight is 442 g/mol. The largest absolute Gasteiger partial charge is 0.490 e. The fraction of sp³-hybridized carbons (Fsp3) is 0.375. The molecule has 0 aromatic heterocycles. The van der Waals surface area contributed by atoms with Gasteiger partial charge in [-0.3, -0.25) is 14.4 Å². The van der Waals surface area contributed by atoms with Crippen LogP contribution in [-0.4, -0.2) is 44.0 Å². The highest BCUT2D eigenvalue weighted by atomic mass is 16.5. The molecule has 0 aliphatic heterocycles. The number of anilines is 1. The van der Waals surface area contributed by atoms with E-state index >= 15 is 0 Å². The number of nitrogens with one attached hydrogen (secondary N) is 3. The topological polar surface area (TPSA) is 106 Å². The summed E-state index contributed by atoms with van der Waals surface area (Å²) in [5.74, 6) is -0.229. The molecule has 0 heterocycles. The number of ether oxygens (including phenoxy) is 2. The predicted octanol–water partition coefficient (Wildman–Crippen LogP) is 2.89. The van der Waals surface area contributed by atoms with Gasteiger partial charge >= 0.3 is 0 Å². The molecule has 8 heteroatoms. The third kappa shape index (κ3) is 7.01. The molecule has 0 unspecified atom stereocenters.